The van der Waals surface area contributed by atoms with Crippen molar-refractivity contribution in [1.82, 2.24) is 10.2 Å². The molecule has 1 aliphatic carbocycles. The third-order valence-corrected chi connectivity index (χ3v) is 3.27. The van der Waals surface area contributed by atoms with Crippen molar-refractivity contribution in [3.05, 3.63) is 0 Å². The molecular formula is C10H18N2O2. The number of hydrogen-bond acceptors (Lipinski definition) is 3. The summed E-state index contributed by atoms with van der Waals surface area (Å²) in [6.45, 7) is 2.46. The first kappa shape index (κ1) is 9.93. The Morgan fingerprint density at radius 3 is 2.86 bits per heavy atom. The maximum absolute atomic E-state index is 11.6. The molecule has 1 saturated carbocycles. The van der Waals surface area contributed by atoms with Gasteiger partial charge in [0.1, 0.15) is 0 Å². The van der Waals surface area contributed by atoms with Crippen LogP contribution in [0.5, 0.6) is 0 Å². The third-order valence-electron chi connectivity index (χ3n) is 3.27. The largest absolute Gasteiger partial charge is 0.393 e. The summed E-state index contributed by atoms with van der Waals surface area (Å²) in [7, 11) is 0. The summed E-state index contributed by atoms with van der Waals surface area (Å²) in [6.07, 6.45) is 3.63. The van der Waals surface area contributed by atoms with Crippen molar-refractivity contribution in [2.75, 3.05) is 6.54 Å². The maximum Gasteiger partial charge on any atom is 0.238 e. The van der Waals surface area contributed by atoms with E-state index in [2.05, 4.69) is 5.32 Å². The van der Waals surface area contributed by atoms with Gasteiger partial charge in [-0.25, -0.2) is 0 Å². The van der Waals surface area contributed by atoms with E-state index in [1.807, 2.05) is 11.8 Å². The Balaban J connectivity index is 2.02. The Morgan fingerprint density at radius 1 is 1.50 bits per heavy atom. The van der Waals surface area contributed by atoms with Crippen molar-refractivity contribution in [2.24, 2.45) is 0 Å². The summed E-state index contributed by atoms with van der Waals surface area (Å²) in [5, 5.41) is 12.7. The molecule has 2 aliphatic rings. The highest BCUT2D eigenvalue weighted by molar-refractivity contribution is 5.80. The van der Waals surface area contributed by atoms with E-state index in [0.717, 1.165) is 25.7 Å². The lowest BCUT2D eigenvalue weighted by atomic mass is 9.92. The molecule has 2 fully saturated rings. The van der Waals surface area contributed by atoms with Crippen LogP contribution < -0.4 is 5.32 Å². The molecule has 0 radical (unpaired) electrons. The zero-order valence-corrected chi connectivity index (χ0v) is 8.57. The van der Waals surface area contributed by atoms with Gasteiger partial charge in [0.2, 0.25) is 5.91 Å². The third kappa shape index (κ3) is 1.77. The van der Waals surface area contributed by atoms with Gasteiger partial charge in [-0.05, 0) is 32.6 Å². The molecule has 3 unspecified atom stereocenters. The van der Waals surface area contributed by atoms with Crippen LogP contribution in [-0.2, 0) is 4.79 Å². The van der Waals surface area contributed by atoms with Crippen LogP contribution >= 0.6 is 0 Å². The number of aliphatic hydroxyl groups excluding tert-OH is 1. The highest BCUT2D eigenvalue weighted by Gasteiger charge is 2.35. The van der Waals surface area contributed by atoms with E-state index in [0.29, 0.717) is 6.54 Å². The van der Waals surface area contributed by atoms with E-state index in [9.17, 15) is 9.90 Å². The van der Waals surface area contributed by atoms with E-state index in [-0.39, 0.29) is 24.2 Å². The van der Waals surface area contributed by atoms with Crippen LogP contribution in [0.25, 0.3) is 0 Å². The monoisotopic (exact) mass is 198 g/mol. The van der Waals surface area contributed by atoms with Gasteiger partial charge < -0.3 is 10.0 Å². The summed E-state index contributed by atoms with van der Waals surface area (Å²) in [6, 6.07) is 0.247. The fraction of sp³-hybridized carbons (Fsp3) is 0.900. The Labute approximate surface area is 84.3 Å². The van der Waals surface area contributed by atoms with E-state index < -0.39 is 0 Å². The predicted octanol–water partition coefficient (Wildman–Crippen LogP) is 0.0677. The molecule has 1 heterocycles. The van der Waals surface area contributed by atoms with Crippen LogP contribution in [0.2, 0.25) is 0 Å². The van der Waals surface area contributed by atoms with E-state index in [1.54, 1.807) is 0 Å². The lowest BCUT2D eigenvalue weighted by molar-refractivity contribution is -0.131. The Hall–Kier alpha value is -0.610. The molecule has 14 heavy (non-hydrogen) atoms. The van der Waals surface area contributed by atoms with Gasteiger partial charge in [-0.3, -0.25) is 10.1 Å². The molecular weight excluding hydrogens is 180 g/mol. The standard InChI is InChI=1S/C10H18N2O2/c1-7-11-6-10(14)12(7)8-3-2-4-9(13)5-8/h7-9,11,13H,2-6H2,1H3. The average molecular weight is 198 g/mol. The highest BCUT2D eigenvalue weighted by Crippen LogP contribution is 2.25. The number of carbonyl (C=O) groups excluding carboxylic acids is 1. The summed E-state index contributed by atoms with van der Waals surface area (Å²) >= 11 is 0. The quantitative estimate of drug-likeness (QED) is 0.627. The molecule has 4 nitrogen and oxygen atoms in total. The maximum atomic E-state index is 11.6. The fourth-order valence-corrected chi connectivity index (χ4v) is 2.55. The van der Waals surface area contributed by atoms with Crippen LogP contribution in [0, 0.1) is 0 Å². The van der Waals surface area contributed by atoms with Gasteiger partial charge in [-0.15, -0.1) is 0 Å². The molecule has 1 amide bonds. The second kappa shape index (κ2) is 3.87. The van der Waals surface area contributed by atoms with Gasteiger partial charge in [0, 0.05) is 6.04 Å². The van der Waals surface area contributed by atoms with Crippen molar-refractivity contribution in [2.45, 2.75) is 50.9 Å². The summed E-state index contributed by atoms with van der Waals surface area (Å²) in [5.74, 6) is 0.177. The minimum absolute atomic E-state index is 0.137. The molecule has 4 heteroatoms. The minimum atomic E-state index is -0.214. The smallest absolute Gasteiger partial charge is 0.238 e. The van der Waals surface area contributed by atoms with Crippen molar-refractivity contribution < 1.29 is 9.90 Å². The number of amides is 1. The topological polar surface area (TPSA) is 52.6 Å². The van der Waals surface area contributed by atoms with Gasteiger partial charge in [-0.1, -0.05) is 0 Å². The number of aliphatic hydroxyl groups is 1. The predicted molar refractivity (Wildman–Crippen MR) is 52.6 cm³/mol. The normalized spacial score (nSPS) is 39.1. The van der Waals surface area contributed by atoms with Crippen molar-refractivity contribution in [3.8, 4) is 0 Å². The molecule has 0 spiro atoms. The lowest BCUT2D eigenvalue weighted by Gasteiger charge is -2.35. The SMILES string of the molecule is CC1NCC(=O)N1C1CCCC(O)C1. The molecule has 3 atom stereocenters. The molecule has 0 bridgehead atoms. The number of rotatable bonds is 1. The number of hydrogen-bond donors (Lipinski definition) is 2. The van der Waals surface area contributed by atoms with Crippen LogP contribution in [0.1, 0.15) is 32.6 Å². The zero-order chi connectivity index (χ0) is 10.1. The number of nitrogens with one attached hydrogen (secondary N) is 1. The van der Waals surface area contributed by atoms with Crippen molar-refractivity contribution in [1.29, 1.82) is 0 Å². The van der Waals surface area contributed by atoms with Crippen LogP contribution in [0.4, 0.5) is 0 Å². The molecule has 0 aromatic carbocycles. The first-order chi connectivity index (χ1) is 6.68. The van der Waals surface area contributed by atoms with Gasteiger partial charge in [0.05, 0.1) is 18.8 Å². The molecule has 1 saturated heterocycles. The number of carbonyl (C=O) groups is 1. The summed E-state index contributed by atoms with van der Waals surface area (Å²) < 4.78 is 0. The fourth-order valence-electron chi connectivity index (χ4n) is 2.55. The second-order valence-electron chi connectivity index (χ2n) is 4.33. The van der Waals surface area contributed by atoms with Gasteiger partial charge in [0.25, 0.3) is 0 Å². The first-order valence-corrected chi connectivity index (χ1v) is 5.41. The Kier molecular flexibility index (Phi) is 2.74. The van der Waals surface area contributed by atoms with Crippen LogP contribution in [0.3, 0.4) is 0 Å². The molecule has 2 N–H and O–H groups in total. The van der Waals surface area contributed by atoms with E-state index >= 15 is 0 Å². The van der Waals surface area contributed by atoms with Crippen molar-refractivity contribution in [3.63, 3.8) is 0 Å². The summed E-state index contributed by atoms with van der Waals surface area (Å²) in [5.41, 5.74) is 0. The Morgan fingerprint density at radius 2 is 2.29 bits per heavy atom. The Bertz CT molecular complexity index is 232. The van der Waals surface area contributed by atoms with Gasteiger partial charge >= 0.3 is 0 Å². The molecule has 0 aromatic heterocycles. The van der Waals surface area contributed by atoms with E-state index in [1.165, 1.54) is 0 Å². The molecule has 80 valence electrons. The van der Waals surface area contributed by atoms with Crippen LogP contribution in [0.15, 0.2) is 0 Å². The molecule has 1 aliphatic heterocycles. The van der Waals surface area contributed by atoms with Gasteiger partial charge in [0.15, 0.2) is 0 Å². The van der Waals surface area contributed by atoms with Crippen LogP contribution in [-0.4, -0.2) is 40.8 Å². The zero-order valence-electron chi connectivity index (χ0n) is 8.57. The van der Waals surface area contributed by atoms with Gasteiger partial charge in [-0.2, -0.15) is 0 Å². The summed E-state index contributed by atoms with van der Waals surface area (Å²) in [4.78, 5) is 13.5. The molecule has 0 aromatic rings. The molecule has 2 rings (SSSR count). The van der Waals surface area contributed by atoms with Crippen molar-refractivity contribution >= 4 is 5.91 Å². The average Bonchev–Trinajstić information content (AvgIpc) is 2.46. The highest BCUT2D eigenvalue weighted by atomic mass is 16.3. The first-order valence-electron chi connectivity index (χ1n) is 5.41. The van der Waals surface area contributed by atoms with E-state index in [4.69, 9.17) is 0 Å². The minimum Gasteiger partial charge on any atom is -0.393 e. The number of nitrogens with zero attached hydrogens (tertiary/aromatic N) is 1. The second-order valence-corrected chi connectivity index (χ2v) is 4.33. The lowest BCUT2D eigenvalue weighted by Crippen LogP contribution is -2.46.